The summed E-state index contributed by atoms with van der Waals surface area (Å²) in [5, 5.41) is 32.8. The van der Waals surface area contributed by atoms with Crippen molar-refractivity contribution >= 4 is 5.97 Å². The highest BCUT2D eigenvalue weighted by atomic mass is 16.4. The van der Waals surface area contributed by atoms with E-state index in [0.29, 0.717) is 17.6 Å². The van der Waals surface area contributed by atoms with Crippen LogP contribution in [0.2, 0.25) is 0 Å². The maximum Gasteiger partial charge on any atom is 0.332 e. The van der Waals surface area contributed by atoms with E-state index in [4.69, 9.17) is 20.4 Å². The van der Waals surface area contributed by atoms with Crippen LogP contribution in [0, 0.1) is 0 Å². The molecule has 0 aromatic heterocycles. The van der Waals surface area contributed by atoms with Crippen LogP contribution in [-0.2, 0) is 4.79 Å². The van der Waals surface area contributed by atoms with Gasteiger partial charge in [0.2, 0.25) is 0 Å². The molecule has 0 amide bonds. The van der Waals surface area contributed by atoms with Crippen molar-refractivity contribution in [3.05, 3.63) is 0 Å². The van der Waals surface area contributed by atoms with Gasteiger partial charge in [0.15, 0.2) is 0 Å². The van der Waals surface area contributed by atoms with Gasteiger partial charge in [0.25, 0.3) is 0 Å². The van der Waals surface area contributed by atoms with Crippen molar-refractivity contribution in [2.45, 2.75) is 13.0 Å². The minimum atomic E-state index is -1.23. The first-order valence-corrected chi connectivity index (χ1v) is 4.71. The molecule has 0 bridgehead atoms. The largest absolute Gasteiger partial charge is 0.479 e. The summed E-state index contributed by atoms with van der Waals surface area (Å²) in [4.78, 5) is 9.45. The van der Waals surface area contributed by atoms with Crippen LogP contribution in [0.5, 0.6) is 0 Å². The van der Waals surface area contributed by atoms with Gasteiger partial charge in [-0.25, -0.2) is 4.79 Å². The van der Waals surface area contributed by atoms with Crippen LogP contribution >= 0.6 is 0 Å². The van der Waals surface area contributed by atoms with Crippen LogP contribution in [0.15, 0.2) is 0 Å². The standard InChI is InChI=1S/C6H16NO2.C3H6O3/c1-7(2,3-5-8)4-6-9;1-2(4)3(5)6/h8-9H,3-6H2,1-2H3;2,4H,1H3,(H,5,6)/q+1;. The number of hydrogen-bond donors (Lipinski definition) is 4. The van der Waals surface area contributed by atoms with Gasteiger partial charge in [-0.1, -0.05) is 0 Å². The summed E-state index contributed by atoms with van der Waals surface area (Å²) in [6, 6.07) is 0. The van der Waals surface area contributed by atoms with Gasteiger partial charge in [0.1, 0.15) is 19.2 Å². The Morgan fingerprint density at radius 3 is 1.60 bits per heavy atom. The Hall–Kier alpha value is -0.690. The lowest BCUT2D eigenvalue weighted by molar-refractivity contribution is -0.890. The van der Waals surface area contributed by atoms with Gasteiger partial charge in [0, 0.05) is 0 Å². The SMILES string of the molecule is CC(O)C(=O)O.C[N+](C)(CCO)CCO. The second-order valence-electron chi connectivity index (χ2n) is 3.84. The molecule has 1 unspecified atom stereocenters. The molecule has 0 aromatic carbocycles. The van der Waals surface area contributed by atoms with E-state index in [1.807, 2.05) is 14.1 Å². The van der Waals surface area contributed by atoms with E-state index in [-0.39, 0.29) is 13.2 Å². The van der Waals surface area contributed by atoms with Gasteiger partial charge < -0.3 is 24.9 Å². The fourth-order valence-electron chi connectivity index (χ4n) is 0.653. The molecule has 0 saturated heterocycles. The number of likely N-dealkylation sites (N-methyl/N-ethyl adjacent to an activating group) is 1. The number of carboxylic acids is 1. The lowest BCUT2D eigenvalue weighted by Gasteiger charge is -2.27. The fraction of sp³-hybridized carbons (Fsp3) is 0.889. The Labute approximate surface area is 90.0 Å². The summed E-state index contributed by atoms with van der Waals surface area (Å²) in [7, 11) is 3.96. The van der Waals surface area contributed by atoms with Crippen molar-refractivity contribution in [3.8, 4) is 0 Å². The van der Waals surface area contributed by atoms with Crippen LogP contribution in [0.25, 0.3) is 0 Å². The molecule has 0 rings (SSSR count). The highest BCUT2D eigenvalue weighted by Crippen LogP contribution is 1.92. The third kappa shape index (κ3) is 13.3. The van der Waals surface area contributed by atoms with Gasteiger partial charge in [-0.3, -0.25) is 0 Å². The second-order valence-corrected chi connectivity index (χ2v) is 3.84. The van der Waals surface area contributed by atoms with Crippen LogP contribution < -0.4 is 0 Å². The monoisotopic (exact) mass is 224 g/mol. The van der Waals surface area contributed by atoms with Gasteiger partial charge in [-0.2, -0.15) is 0 Å². The molecule has 0 saturated carbocycles. The van der Waals surface area contributed by atoms with Crippen molar-refractivity contribution in [1.82, 2.24) is 0 Å². The Kier molecular flexibility index (Phi) is 9.60. The third-order valence-electron chi connectivity index (χ3n) is 1.77. The van der Waals surface area contributed by atoms with Crippen LogP contribution in [0.3, 0.4) is 0 Å². The van der Waals surface area contributed by atoms with Gasteiger partial charge in [-0.15, -0.1) is 0 Å². The second kappa shape index (κ2) is 8.60. The summed E-state index contributed by atoms with van der Waals surface area (Å²) >= 11 is 0. The van der Waals surface area contributed by atoms with Crippen LogP contribution in [0.1, 0.15) is 6.92 Å². The molecule has 0 aromatic rings. The van der Waals surface area contributed by atoms with Crippen molar-refractivity contribution in [1.29, 1.82) is 0 Å². The lowest BCUT2D eigenvalue weighted by atomic mass is 10.4. The summed E-state index contributed by atoms with van der Waals surface area (Å²) in [6.07, 6.45) is -1.23. The quantitative estimate of drug-likeness (QED) is 0.426. The summed E-state index contributed by atoms with van der Waals surface area (Å²) in [5.41, 5.74) is 0. The van der Waals surface area contributed by atoms with Crippen molar-refractivity contribution < 1.29 is 29.7 Å². The van der Waals surface area contributed by atoms with Crippen molar-refractivity contribution in [3.63, 3.8) is 0 Å². The Morgan fingerprint density at radius 1 is 1.20 bits per heavy atom. The highest BCUT2D eigenvalue weighted by Gasteiger charge is 2.11. The zero-order valence-corrected chi connectivity index (χ0v) is 9.55. The first-order chi connectivity index (χ1) is 6.76. The van der Waals surface area contributed by atoms with E-state index in [1.54, 1.807) is 0 Å². The highest BCUT2D eigenvalue weighted by molar-refractivity contribution is 5.71. The zero-order chi connectivity index (χ0) is 12.5. The molecule has 1 atom stereocenters. The molecule has 6 heteroatoms. The molecule has 0 radical (unpaired) electrons. The number of rotatable bonds is 5. The topological polar surface area (TPSA) is 98.0 Å². The Morgan fingerprint density at radius 2 is 1.47 bits per heavy atom. The number of carboxylic acid groups (broad SMARTS) is 1. The normalized spacial score (nSPS) is 12.7. The fourth-order valence-corrected chi connectivity index (χ4v) is 0.653. The number of hydrogen-bond acceptors (Lipinski definition) is 4. The van der Waals surface area contributed by atoms with E-state index in [1.165, 1.54) is 6.92 Å². The summed E-state index contributed by atoms with van der Waals surface area (Å²) in [5.74, 6) is -1.19. The maximum atomic E-state index is 9.45. The molecule has 0 aliphatic heterocycles. The van der Waals surface area contributed by atoms with Crippen LogP contribution in [0.4, 0.5) is 0 Å². The first kappa shape index (κ1) is 16.7. The Balaban J connectivity index is 0. The number of aliphatic carboxylic acids is 1. The van der Waals surface area contributed by atoms with Gasteiger partial charge >= 0.3 is 5.97 Å². The van der Waals surface area contributed by atoms with E-state index in [2.05, 4.69) is 0 Å². The number of aliphatic hydroxyl groups excluding tert-OH is 3. The predicted octanol–water partition coefficient (Wildman–Crippen LogP) is -1.50. The minimum absolute atomic E-state index is 0.188. The summed E-state index contributed by atoms with van der Waals surface area (Å²) < 4.78 is 0.688. The molecule has 15 heavy (non-hydrogen) atoms. The number of carbonyl (C=O) groups is 1. The molecule has 4 N–H and O–H groups in total. The predicted molar refractivity (Wildman–Crippen MR) is 55.3 cm³/mol. The van der Waals surface area contributed by atoms with E-state index < -0.39 is 12.1 Å². The zero-order valence-electron chi connectivity index (χ0n) is 9.55. The minimum Gasteiger partial charge on any atom is -0.479 e. The summed E-state index contributed by atoms with van der Waals surface area (Å²) in [6.45, 7) is 2.99. The Bertz CT molecular complexity index is 162. The molecular weight excluding hydrogens is 202 g/mol. The van der Waals surface area contributed by atoms with E-state index >= 15 is 0 Å². The average Bonchev–Trinajstić information content (AvgIpc) is 2.04. The molecule has 0 fully saturated rings. The molecule has 0 heterocycles. The molecule has 6 nitrogen and oxygen atoms in total. The van der Waals surface area contributed by atoms with E-state index in [0.717, 1.165) is 0 Å². The average molecular weight is 224 g/mol. The number of nitrogens with zero attached hydrogens (tertiary/aromatic N) is 1. The number of aliphatic hydroxyl groups is 3. The van der Waals surface area contributed by atoms with Crippen molar-refractivity contribution in [2.75, 3.05) is 40.4 Å². The molecular formula is C9H22NO5+. The lowest BCUT2D eigenvalue weighted by Crippen LogP contribution is -2.43. The molecule has 0 spiro atoms. The van der Waals surface area contributed by atoms with Gasteiger partial charge in [0.05, 0.1) is 27.3 Å². The van der Waals surface area contributed by atoms with Crippen molar-refractivity contribution in [2.24, 2.45) is 0 Å². The van der Waals surface area contributed by atoms with Gasteiger partial charge in [-0.05, 0) is 6.92 Å². The van der Waals surface area contributed by atoms with E-state index in [9.17, 15) is 4.79 Å². The molecule has 92 valence electrons. The number of quaternary nitrogens is 1. The maximum absolute atomic E-state index is 9.45. The molecule has 0 aliphatic rings. The first-order valence-electron chi connectivity index (χ1n) is 4.71. The van der Waals surface area contributed by atoms with Crippen LogP contribution in [-0.4, -0.2) is 77.4 Å². The molecule has 0 aliphatic carbocycles. The third-order valence-corrected chi connectivity index (χ3v) is 1.77. The smallest absolute Gasteiger partial charge is 0.332 e.